The number of aromatic amines is 1. The minimum atomic E-state index is -0.314. The normalized spacial score (nSPS) is 14.5. The van der Waals surface area contributed by atoms with Crippen LogP contribution < -0.4 is 5.32 Å². The summed E-state index contributed by atoms with van der Waals surface area (Å²) in [4.78, 5) is 20.1. The second-order valence-electron chi connectivity index (χ2n) is 4.52. The van der Waals surface area contributed by atoms with Crippen LogP contribution in [0, 0.1) is 6.92 Å². The zero-order valence-electron chi connectivity index (χ0n) is 9.97. The van der Waals surface area contributed by atoms with Crippen molar-refractivity contribution in [3.05, 3.63) is 35.7 Å². The number of carbonyl (C=O) groups is 1. The van der Waals surface area contributed by atoms with E-state index in [0.29, 0.717) is 11.6 Å². The molecule has 18 heavy (non-hydrogen) atoms. The Balaban J connectivity index is 1.73. The van der Waals surface area contributed by atoms with Crippen LogP contribution in [-0.2, 0) is 0 Å². The maximum Gasteiger partial charge on any atom is 0.295 e. The fourth-order valence-corrected chi connectivity index (χ4v) is 1.73. The molecule has 0 radical (unpaired) electrons. The molecule has 1 saturated carbocycles. The SMILES string of the molecule is Cc1cncc(NC(=O)c2n[nH]c(C3CC3)n2)c1. The van der Waals surface area contributed by atoms with Gasteiger partial charge in [-0.05, 0) is 31.4 Å². The van der Waals surface area contributed by atoms with E-state index in [0.717, 1.165) is 24.2 Å². The summed E-state index contributed by atoms with van der Waals surface area (Å²) in [6.07, 6.45) is 5.57. The van der Waals surface area contributed by atoms with Crippen LogP contribution >= 0.6 is 0 Å². The van der Waals surface area contributed by atoms with Crippen LogP contribution in [0.25, 0.3) is 0 Å². The van der Waals surface area contributed by atoms with Crippen molar-refractivity contribution in [1.29, 1.82) is 0 Å². The molecule has 0 spiro atoms. The van der Waals surface area contributed by atoms with E-state index in [9.17, 15) is 4.79 Å². The highest BCUT2D eigenvalue weighted by Crippen LogP contribution is 2.37. The van der Waals surface area contributed by atoms with Gasteiger partial charge in [0, 0.05) is 12.1 Å². The van der Waals surface area contributed by atoms with Gasteiger partial charge in [-0.2, -0.15) is 0 Å². The van der Waals surface area contributed by atoms with Crippen molar-refractivity contribution < 1.29 is 4.79 Å². The third-order valence-corrected chi connectivity index (χ3v) is 2.80. The molecule has 2 aromatic rings. The van der Waals surface area contributed by atoms with E-state index >= 15 is 0 Å². The molecule has 3 rings (SSSR count). The van der Waals surface area contributed by atoms with Gasteiger partial charge in [-0.1, -0.05) is 0 Å². The van der Waals surface area contributed by atoms with Crippen LogP contribution in [0.4, 0.5) is 5.69 Å². The van der Waals surface area contributed by atoms with Crippen molar-refractivity contribution in [3.8, 4) is 0 Å². The lowest BCUT2D eigenvalue weighted by atomic mass is 10.3. The lowest BCUT2D eigenvalue weighted by Crippen LogP contribution is -2.14. The zero-order chi connectivity index (χ0) is 12.5. The standard InChI is InChI=1S/C12H13N5O/c1-7-4-9(6-13-5-7)14-12(18)11-15-10(16-17-11)8-2-3-8/h4-6,8H,2-3H2,1H3,(H,14,18)(H,15,16,17). The fourth-order valence-electron chi connectivity index (χ4n) is 1.73. The molecule has 1 fully saturated rings. The van der Waals surface area contributed by atoms with Crippen LogP contribution in [0.15, 0.2) is 18.5 Å². The molecule has 2 heterocycles. The molecule has 0 aliphatic heterocycles. The van der Waals surface area contributed by atoms with Gasteiger partial charge in [0.2, 0.25) is 5.82 Å². The quantitative estimate of drug-likeness (QED) is 0.858. The smallest absolute Gasteiger partial charge is 0.295 e. The molecule has 92 valence electrons. The average Bonchev–Trinajstić information content (AvgIpc) is 3.07. The Bertz CT molecular complexity index is 588. The van der Waals surface area contributed by atoms with Crippen LogP contribution in [0.3, 0.4) is 0 Å². The van der Waals surface area contributed by atoms with Gasteiger partial charge in [-0.25, -0.2) is 4.98 Å². The summed E-state index contributed by atoms with van der Waals surface area (Å²) in [5.74, 6) is 1.13. The Morgan fingerprint density at radius 1 is 1.44 bits per heavy atom. The minimum absolute atomic E-state index is 0.179. The Kier molecular flexibility index (Phi) is 2.55. The fraction of sp³-hybridized carbons (Fsp3) is 0.333. The van der Waals surface area contributed by atoms with E-state index in [1.54, 1.807) is 12.4 Å². The Hall–Kier alpha value is -2.24. The predicted molar refractivity (Wildman–Crippen MR) is 65.3 cm³/mol. The topological polar surface area (TPSA) is 83.6 Å². The number of nitrogens with zero attached hydrogens (tertiary/aromatic N) is 3. The maximum atomic E-state index is 11.9. The van der Waals surface area contributed by atoms with Crippen molar-refractivity contribution in [2.45, 2.75) is 25.7 Å². The number of hydrogen-bond donors (Lipinski definition) is 2. The first-order valence-corrected chi connectivity index (χ1v) is 5.87. The summed E-state index contributed by atoms with van der Waals surface area (Å²) in [5, 5.41) is 9.46. The minimum Gasteiger partial charge on any atom is -0.318 e. The second-order valence-corrected chi connectivity index (χ2v) is 4.52. The monoisotopic (exact) mass is 243 g/mol. The lowest BCUT2D eigenvalue weighted by Gasteiger charge is -2.02. The highest BCUT2D eigenvalue weighted by Gasteiger charge is 2.28. The van der Waals surface area contributed by atoms with Crippen molar-refractivity contribution in [2.24, 2.45) is 0 Å². The summed E-state index contributed by atoms with van der Waals surface area (Å²) in [5.41, 5.74) is 1.64. The zero-order valence-corrected chi connectivity index (χ0v) is 9.97. The molecular weight excluding hydrogens is 230 g/mol. The number of aryl methyl sites for hydroxylation is 1. The van der Waals surface area contributed by atoms with Gasteiger partial charge >= 0.3 is 0 Å². The molecular formula is C12H13N5O. The number of carbonyl (C=O) groups excluding carboxylic acids is 1. The number of rotatable bonds is 3. The lowest BCUT2D eigenvalue weighted by molar-refractivity contribution is 0.101. The number of hydrogen-bond acceptors (Lipinski definition) is 4. The number of amides is 1. The third kappa shape index (κ3) is 2.22. The first-order valence-electron chi connectivity index (χ1n) is 5.87. The van der Waals surface area contributed by atoms with Gasteiger partial charge < -0.3 is 5.32 Å². The van der Waals surface area contributed by atoms with Gasteiger partial charge in [0.05, 0.1) is 11.9 Å². The van der Waals surface area contributed by atoms with E-state index < -0.39 is 0 Å². The van der Waals surface area contributed by atoms with Gasteiger partial charge in [-0.3, -0.25) is 14.9 Å². The summed E-state index contributed by atoms with van der Waals surface area (Å²) < 4.78 is 0. The third-order valence-electron chi connectivity index (χ3n) is 2.80. The molecule has 1 amide bonds. The second kappa shape index (κ2) is 4.21. The summed E-state index contributed by atoms with van der Waals surface area (Å²) in [6, 6.07) is 1.85. The number of nitrogens with one attached hydrogen (secondary N) is 2. The molecule has 1 aliphatic rings. The van der Waals surface area contributed by atoms with Gasteiger partial charge in [0.15, 0.2) is 0 Å². The van der Waals surface area contributed by atoms with Gasteiger partial charge in [0.25, 0.3) is 5.91 Å². The molecule has 0 atom stereocenters. The summed E-state index contributed by atoms with van der Waals surface area (Å²) >= 11 is 0. The summed E-state index contributed by atoms with van der Waals surface area (Å²) in [7, 11) is 0. The maximum absolute atomic E-state index is 11.9. The molecule has 1 aliphatic carbocycles. The highest BCUT2D eigenvalue weighted by atomic mass is 16.2. The van der Waals surface area contributed by atoms with Crippen LogP contribution in [0.5, 0.6) is 0 Å². The van der Waals surface area contributed by atoms with Crippen LogP contribution in [-0.4, -0.2) is 26.1 Å². The molecule has 0 aromatic carbocycles. The van der Waals surface area contributed by atoms with E-state index in [1.165, 1.54) is 0 Å². The molecule has 0 bridgehead atoms. The van der Waals surface area contributed by atoms with Crippen LogP contribution in [0.1, 0.15) is 40.8 Å². The van der Waals surface area contributed by atoms with Crippen LogP contribution in [0.2, 0.25) is 0 Å². The number of H-pyrrole nitrogens is 1. The molecule has 0 saturated heterocycles. The molecule has 6 nitrogen and oxygen atoms in total. The Morgan fingerprint density at radius 3 is 3.00 bits per heavy atom. The van der Waals surface area contributed by atoms with E-state index in [-0.39, 0.29) is 11.7 Å². The summed E-state index contributed by atoms with van der Waals surface area (Å²) in [6.45, 7) is 1.92. The van der Waals surface area contributed by atoms with Crippen molar-refractivity contribution in [3.63, 3.8) is 0 Å². The van der Waals surface area contributed by atoms with E-state index in [1.807, 2.05) is 13.0 Å². The van der Waals surface area contributed by atoms with Crippen molar-refractivity contribution >= 4 is 11.6 Å². The first kappa shape index (κ1) is 10.9. The van der Waals surface area contributed by atoms with Gasteiger partial charge in [-0.15, -0.1) is 5.10 Å². The number of anilines is 1. The van der Waals surface area contributed by atoms with Crippen molar-refractivity contribution in [2.75, 3.05) is 5.32 Å². The first-order chi connectivity index (χ1) is 8.72. The largest absolute Gasteiger partial charge is 0.318 e. The number of aromatic nitrogens is 4. The molecule has 2 N–H and O–H groups in total. The predicted octanol–water partition coefficient (Wildman–Crippen LogP) is 1.64. The molecule has 6 heteroatoms. The molecule has 0 unspecified atom stereocenters. The van der Waals surface area contributed by atoms with E-state index in [4.69, 9.17) is 0 Å². The highest BCUT2D eigenvalue weighted by molar-refractivity contribution is 6.01. The van der Waals surface area contributed by atoms with E-state index in [2.05, 4.69) is 25.5 Å². The molecule has 2 aromatic heterocycles. The van der Waals surface area contributed by atoms with Crippen molar-refractivity contribution in [1.82, 2.24) is 20.2 Å². The average molecular weight is 243 g/mol. The Labute approximate surface area is 104 Å². The van der Waals surface area contributed by atoms with Gasteiger partial charge in [0.1, 0.15) is 5.82 Å². The number of pyridine rings is 1. The Morgan fingerprint density at radius 2 is 2.28 bits per heavy atom.